The molecule has 0 atom stereocenters. The van der Waals surface area contributed by atoms with Crippen LogP contribution in [0.1, 0.15) is 18.2 Å². The molecule has 1 aromatic carbocycles. The topological polar surface area (TPSA) is 128 Å². The van der Waals surface area contributed by atoms with Crippen LogP contribution < -0.4 is 5.32 Å². The molecule has 2 rings (SSSR count). The number of hydrogen-bond donors (Lipinski definition) is 2. The summed E-state index contributed by atoms with van der Waals surface area (Å²) in [7, 11) is -4.08. The highest BCUT2D eigenvalue weighted by Crippen LogP contribution is 2.29. The number of azo groups is 1. The van der Waals surface area contributed by atoms with E-state index in [-0.39, 0.29) is 0 Å². The molecule has 0 spiro atoms. The summed E-state index contributed by atoms with van der Waals surface area (Å²) in [5, 5.41) is 20.2. The van der Waals surface area contributed by atoms with Crippen molar-refractivity contribution in [2.45, 2.75) is 13.3 Å². The molecule has 0 fully saturated rings. The first-order valence-corrected chi connectivity index (χ1v) is 8.90. The first kappa shape index (κ1) is 17.0. The summed E-state index contributed by atoms with van der Waals surface area (Å²) >= 11 is 1.12. The zero-order valence-corrected chi connectivity index (χ0v) is 13.7. The maximum atomic E-state index is 10.6. The highest BCUT2D eigenvalue weighted by molar-refractivity contribution is 7.85. The van der Waals surface area contributed by atoms with Gasteiger partial charge in [-0.2, -0.15) is 18.1 Å². The standard InChI is InChI=1S/C13H13N5O3S2/c1-2-12-11(7-14)13(22-18-12)17-16-10-5-3-9(4-6-10)15-8-23(19,20)21/h3-6,15H,2,8H2,1H3,(H,19,20,21). The molecule has 8 nitrogen and oxygen atoms in total. The van der Waals surface area contributed by atoms with Crippen LogP contribution in [-0.4, -0.2) is 23.2 Å². The maximum absolute atomic E-state index is 10.6. The Morgan fingerprint density at radius 3 is 2.61 bits per heavy atom. The summed E-state index contributed by atoms with van der Waals surface area (Å²) < 4.78 is 34.1. The summed E-state index contributed by atoms with van der Waals surface area (Å²) in [6.45, 7) is 1.91. The van der Waals surface area contributed by atoms with Crippen molar-refractivity contribution in [3.63, 3.8) is 0 Å². The molecule has 23 heavy (non-hydrogen) atoms. The fourth-order valence-electron chi connectivity index (χ4n) is 1.66. The Labute approximate surface area is 137 Å². The van der Waals surface area contributed by atoms with Crippen molar-refractivity contribution in [3.8, 4) is 6.07 Å². The first-order valence-electron chi connectivity index (χ1n) is 6.52. The predicted octanol–water partition coefficient (Wildman–Crippen LogP) is 3.25. The minimum atomic E-state index is -4.08. The quantitative estimate of drug-likeness (QED) is 0.607. The van der Waals surface area contributed by atoms with E-state index in [9.17, 15) is 8.42 Å². The van der Waals surface area contributed by atoms with Gasteiger partial charge < -0.3 is 5.32 Å². The molecule has 0 bridgehead atoms. The van der Waals surface area contributed by atoms with Gasteiger partial charge in [-0.15, -0.1) is 10.2 Å². The average Bonchev–Trinajstić information content (AvgIpc) is 2.93. The summed E-state index contributed by atoms with van der Waals surface area (Å²) in [4.78, 5) is 0. The molecule has 2 aromatic rings. The maximum Gasteiger partial charge on any atom is 0.283 e. The van der Waals surface area contributed by atoms with Crippen LogP contribution in [0.3, 0.4) is 0 Å². The molecule has 2 N–H and O–H groups in total. The van der Waals surface area contributed by atoms with Gasteiger partial charge in [0.2, 0.25) is 0 Å². The third-order valence-electron chi connectivity index (χ3n) is 2.77. The Kier molecular flexibility index (Phi) is 5.38. The number of aromatic nitrogens is 1. The lowest BCUT2D eigenvalue weighted by atomic mass is 10.2. The molecular formula is C13H13N5O3S2. The zero-order valence-electron chi connectivity index (χ0n) is 12.1. The van der Waals surface area contributed by atoms with E-state index in [1.807, 2.05) is 6.92 Å². The monoisotopic (exact) mass is 351 g/mol. The number of rotatable bonds is 6. The number of nitrogens with zero attached hydrogens (tertiary/aromatic N) is 4. The Morgan fingerprint density at radius 2 is 2.04 bits per heavy atom. The fraction of sp³-hybridized carbons (Fsp3) is 0.231. The lowest BCUT2D eigenvalue weighted by Crippen LogP contribution is -2.12. The summed E-state index contributed by atoms with van der Waals surface area (Å²) in [6.07, 6.45) is 0.656. The summed E-state index contributed by atoms with van der Waals surface area (Å²) in [5.74, 6) is -0.569. The van der Waals surface area contributed by atoms with Gasteiger partial charge in [-0.1, -0.05) is 6.92 Å². The molecule has 1 aromatic heterocycles. The third-order valence-corrected chi connectivity index (χ3v) is 4.05. The van der Waals surface area contributed by atoms with Gasteiger partial charge in [-0.3, -0.25) is 4.55 Å². The minimum Gasteiger partial charge on any atom is -0.370 e. The van der Waals surface area contributed by atoms with Gasteiger partial charge in [0.15, 0.2) is 5.00 Å². The molecule has 0 aliphatic carbocycles. The first-order chi connectivity index (χ1) is 10.9. The predicted molar refractivity (Wildman–Crippen MR) is 86.9 cm³/mol. The molecular weight excluding hydrogens is 338 g/mol. The van der Waals surface area contributed by atoms with E-state index in [1.54, 1.807) is 24.3 Å². The van der Waals surface area contributed by atoms with Gasteiger partial charge in [0.1, 0.15) is 17.5 Å². The SMILES string of the molecule is CCc1nsc(N=Nc2ccc(NCS(=O)(=O)O)cc2)c1C#N. The van der Waals surface area contributed by atoms with Gasteiger partial charge in [0, 0.05) is 5.69 Å². The highest BCUT2D eigenvalue weighted by Gasteiger charge is 2.11. The number of aryl methyl sites for hydroxylation is 1. The van der Waals surface area contributed by atoms with Crippen LogP contribution in [0.25, 0.3) is 0 Å². The van der Waals surface area contributed by atoms with Gasteiger partial charge >= 0.3 is 0 Å². The lowest BCUT2D eigenvalue weighted by molar-refractivity contribution is 0.485. The van der Waals surface area contributed by atoms with Crippen LogP contribution in [0.4, 0.5) is 16.4 Å². The van der Waals surface area contributed by atoms with Crippen molar-refractivity contribution >= 4 is 38.0 Å². The van der Waals surface area contributed by atoms with Crippen molar-refractivity contribution < 1.29 is 13.0 Å². The Balaban J connectivity index is 2.09. The summed E-state index contributed by atoms with van der Waals surface area (Å²) in [6, 6.07) is 8.54. The largest absolute Gasteiger partial charge is 0.370 e. The Bertz CT molecular complexity index is 851. The lowest BCUT2D eigenvalue weighted by Gasteiger charge is -2.03. The van der Waals surface area contributed by atoms with Crippen molar-refractivity contribution in [1.82, 2.24) is 4.37 Å². The molecule has 0 amide bonds. The van der Waals surface area contributed by atoms with Gasteiger partial charge in [-0.05, 0) is 42.2 Å². The van der Waals surface area contributed by atoms with Gasteiger partial charge in [0.25, 0.3) is 10.1 Å². The van der Waals surface area contributed by atoms with E-state index in [0.717, 1.165) is 11.5 Å². The van der Waals surface area contributed by atoms with Crippen LogP contribution in [0.5, 0.6) is 0 Å². The molecule has 0 aliphatic rings. The summed E-state index contributed by atoms with van der Waals surface area (Å²) in [5.41, 5.74) is 2.20. The molecule has 10 heteroatoms. The minimum absolute atomic E-state index is 0.438. The number of anilines is 1. The molecule has 1 heterocycles. The molecule has 0 saturated carbocycles. The molecule has 0 saturated heterocycles. The number of hydrogen-bond acceptors (Lipinski definition) is 8. The number of benzene rings is 1. The van der Waals surface area contributed by atoms with E-state index in [2.05, 4.69) is 26.0 Å². The van der Waals surface area contributed by atoms with Crippen LogP contribution in [0.15, 0.2) is 34.5 Å². The van der Waals surface area contributed by atoms with Crippen molar-refractivity contribution in [2.75, 3.05) is 11.2 Å². The van der Waals surface area contributed by atoms with Crippen LogP contribution in [0, 0.1) is 11.3 Å². The van der Waals surface area contributed by atoms with E-state index in [0.29, 0.717) is 34.1 Å². The molecule has 120 valence electrons. The van der Waals surface area contributed by atoms with Gasteiger partial charge in [0.05, 0.1) is 11.4 Å². The third kappa shape index (κ3) is 4.82. The molecule has 0 aliphatic heterocycles. The van der Waals surface area contributed by atoms with E-state index in [4.69, 9.17) is 9.81 Å². The highest BCUT2D eigenvalue weighted by atomic mass is 32.2. The molecule has 0 unspecified atom stereocenters. The Hall–Kier alpha value is -2.35. The van der Waals surface area contributed by atoms with Crippen LogP contribution in [0.2, 0.25) is 0 Å². The second-order valence-electron chi connectivity index (χ2n) is 4.42. The van der Waals surface area contributed by atoms with Gasteiger partial charge in [-0.25, -0.2) is 0 Å². The van der Waals surface area contributed by atoms with Crippen molar-refractivity contribution in [1.29, 1.82) is 5.26 Å². The normalized spacial score (nSPS) is 11.5. The average molecular weight is 351 g/mol. The smallest absolute Gasteiger partial charge is 0.283 e. The van der Waals surface area contributed by atoms with E-state index in [1.165, 1.54) is 0 Å². The van der Waals surface area contributed by atoms with E-state index >= 15 is 0 Å². The van der Waals surface area contributed by atoms with E-state index < -0.39 is 16.0 Å². The fourth-order valence-corrected chi connectivity index (χ4v) is 2.76. The molecule has 0 radical (unpaired) electrons. The Morgan fingerprint density at radius 1 is 1.35 bits per heavy atom. The van der Waals surface area contributed by atoms with Crippen molar-refractivity contribution in [2.24, 2.45) is 10.2 Å². The second kappa shape index (κ2) is 7.28. The number of nitriles is 1. The van der Waals surface area contributed by atoms with Crippen LogP contribution >= 0.6 is 11.5 Å². The zero-order chi connectivity index (χ0) is 16.9. The van der Waals surface area contributed by atoms with Crippen LogP contribution in [-0.2, 0) is 16.5 Å². The number of nitrogens with one attached hydrogen (secondary N) is 1. The second-order valence-corrected chi connectivity index (χ2v) is 6.63. The van der Waals surface area contributed by atoms with Crippen molar-refractivity contribution in [3.05, 3.63) is 35.5 Å².